The van der Waals surface area contributed by atoms with E-state index in [-0.39, 0.29) is 0 Å². The zero-order valence-electron chi connectivity index (χ0n) is 17.6. The van der Waals surface area contributed by atoms with Crippen LogP contribution in [0.3, 0.4) is 0 Å². The summed E-state index contributed by atoms with van der Waals surface area (Å²) in [4.78, 5) is 0. The average molecular weight is 432 g/mol. The normalized spacial score (nSPS) is 13.6. The average Bonchev–Trinajstić information content (AvgIpc) is 3.18. The molecule has 0 fully saturated rings. The molecule has 0 unspecified atom stereocenters. The molecule has 0 aliphatic heterocycles. The van der Waals surface area contributed by atoms with Crippen molar-refractivity contribution < 1.29 is 0 Å². The fourth-order valence-corrected chi connectivity index (χ4v) is 5.02. The van der Waals surface area contributed by atoms with Crippen LogP contribution in [0.4, 0.5) is 0 Å². The second-order valence-electron chi connectivity index (χ2n) is 8.28. The molecule has 5 aromatic rings. The molecule has 1 aliphatic rings. The SMILES string of the molecule is Clc1ccc2c(c1)c1c(C3=CC=CCC3)cc(-c3ccccc3)cc1n2-c1ccccc1. The van der Waals surface area contributed by atoms with E-state index in [1.54, 1.807) is 0 Å². The minimum Gasteiger partial charge on any atom is -0.309 e. The highest BCUT2D eigenvalue weighted by atomic mass is 35.5. The van der Waals surface area contributed by atoms with Gasteiger partial charge in [0.2, 0.25) is 0 Å². The second-order valence-corrected chi connectivity index (χ2v) is 8.71. The molecule has 154 valence electrons. The summed E-state index contributed by atoms with van der Waals surface area (Å²) < 4.78 is 2.37. The van der Waals surface area contributed by atoms with Gasteiger partial charge in [0.15, 0.2) is 0 Å². The predicted molar refractivity (Wildman–Crippen MR) is 138 cm³/mol. The first-order valence-corrected chi connectivity index (χ1v) is 11.4. The van der Waals surface area contributed by atoms with Crippen molar-refractivity contribution in [3.8, 4) is 16.8 Å². The van der Waals surface area contributed by atoms with Gasteiger partial charge in [-0.2, -0.15) is 0 Å². The van der Waals surface area contributed by atoms with Crippen LogP contribution in [0.15, 0.2) is 109 Å². The first-order chi connectivity index (χ1) is 15.8. The highest BCUT2D eigenvalue weighted by Gasteiger charge is 2.19. The molecule has 4 aromatic carbocycles. The maximum absolute atomic E-state index is 6.50. The fraction of sp³-hybridized carbons (Fsp3) is 0.0667. The quantitative estimate of drug-likeness (QED) is 0.269. The highest BCUT2D eigenvalue weighted by Crippen LogP contribution is 2.41. The van der Waals surface area contributed by atoms with E-state index in [1.807, 2.05) is 6.07 Å². The lowest BCUT2D eigenvalue weighted by atomic mass is 9.90. The Balaban J connectivity index is 1.79. The third kappa shape index (κ3) is 3.18. The molecule has 0 radical (unpaired) electrons. The lowest BCUT2D eigenvalue weighted by Crippen LogP contribution is -1.95. The van der Waals surface area contributed by atoms with Gasteiger partial charge >= 0.3 is 0 Å². The van der Waals surface area contributed by atoms with Crippen LogP contribution in [-0.2, 0) is 0 Å². The molecule has 1 aromatic heterocycles. The number of nitrogens with zero attached hydrogens (tertiary/aromatic N) is 1. The number of hydrogen-bond donors (Lipinski definition) is 0. The van der Waals surface area contributed by atoms with Crippen molar-refractivity contribution in [2.75, 3.05) is 0 Å². The van der Waals surface area contributed by atoms with E-state index in [4.69, 9.17) is 11.6 Å². The molecule has 32 heavy (non-hydrogen) atoms. The van der Waals surface area contributed by atoms with Gasteiger partial charge in [-0.15, -0.1) is 0 Å². The molecule has 2 heteroatoms. The van der Waals surface area contributed by atoms with Gasteiger partial charge in [0.1, 0.15) is 0 Å². The van der Waals surface area contributed by atoms with E-state index in [1.165, 1.54) is 44.1 Å². The molecule has 1 heterocycles. The lowest BCUT2D eigenvalue weighted by Gasteiger charge is -2.15. The number of hydrogen-bond acceptors (Lipinski definition) is 0. The number of para-hydroxylation sites is 1. The Morgan fingerprint density at radius 1 is 0.719 bits per heavy atom. The van der Waals surface area contributed by atoms with Crippen LogP contribution >= 0.6 is 11.6 Å². The number of aromatic nitrogens is 1. The fourth-order valence-electron chi connectivity index (χ4n) is 4.85. The Bertz CT molecular complexity index is 1510. The molecular weight excluding hydrogens is 410 g/mol. The van der Waals surface area contributed by atoms with Gasteiger partial charge in [-0.1, -0.05) is 78.4 Å². The predicted octanol–water partition coefficient (Wildman–Crippen LogP) is 8.84. The van der Waals surface area contributed by atoms with Crippen LogP contribution in [0.2, 0.25) is 5.02 Å². The van der Waals surface area contributed by atoms with E-state index in [9.17, 15) is 0 Å². The number of halogens is 1. The van der Waals surface area contributed by atoms with Crippen LogP contribution in [0, 0.1) is 0 Å². The summed E-state index contributed by atoms with van der Waals surface area (Å²) in [6.45, 7) is 0. The van der Waals surface area contributed by atoms with Crippen LogP contribution in [0.5, 0.6) is 0 Å². The first kappa shape index (κ1) is 19.2. The molecule has 0 N–H and O–H groups in total. The molecule has 6 rings (SSSR count). The monoisotopic (exact) mass is 431 g/mol. The molecule has 0 amide bonds. The molecule has 0 saturated heterocycles. The molecule has 0 bridgehead atoms. The molecule has 0 spiro atoms. The summed E-state index contributed by atoms with van der Waals surface area (Å²) in [5.41, 5.74) is 8.67. The molecule has 1 aliphatic carbocycles. The Labute approximate surface area is 192 Å². The van der Waals surface area contributed by atoms with Crippen molar-refractivity contribution in [1.29, 1.82) is 0 Å². The third-order valence-corrected chi connectivity index (χ3v) is 6.54. The molecular formula is C30H22ClN. The van der Waals surface area contributed by atoms with E-state index in [0.717, 1.165) is 23.6 Å². The lowest BCUT2D eigenvalue weighted by molar-refractivity contribution is 1.06. The maximum atomic E-state index is 6.50. The second kappa shape index (κ2) is 7.85. The van der Waals surface area contributed by atoms with E-state index >= 15 is 0 Å². The summed E-state index contributed by atoms with van der Waals surface area (Å²) in [5, 5.41) is 3.23. The first-order valence-electron chi connectivity index (χ1n) is 11.0. The summed E-state index contributed by atoms with van der Waals surface area (Å²) >= 11 is 6.50. The van der Waals surface area contributed by atoms with Crippen molar-refractivity contribution in [3.05, 3.63) is 120 Å². The van der Waals surface area contributed by atoms with Crippen molar-refractivity contribution in [1.82, 2.24) is 4.57 Å². The topological polar surface area (TPSA) is 4.93 Å². The van der Waals surface area contributed by atoms with Crippen molar-refractivity contribution >= 4 is 39.0 Å². The Hall–Kier alpha value is -3.55. The summed E-state index contributed by atoms with van der Waals surface area (Å²) in [6.07, 6.45) is 8.81. The number of rotatable bonds is 3. The van der Waals surface area contributed by atoms with Crippen LogP contribution in [0.1, 0.15) is 18.4 Å². The van der Waals surface area contributed by atoms with Crippen LogP contribution in [0.25, 0.3) is 44.2 Å². The third-order valence-electron chi connectivity index (χ3n) is 6.31. The number of benzene rings is 4. The number of allylic oxidation sites excluding steroid dienone is 4. The van der Waals surface area contributed by atoms with Gasteiger partial charge in [-0.05, 0) is 77.6 Å². The summed E-state index contributed by atoms with van der Waals surface area (Å²) in [7, 11) is 0. The minimum atomic E-state index is 0.764. The largest absolute Gasteiger partial charge is 0.309 e. The molecule has 0 saturated carbocycles. The zero-order valence-corrected chi connectivity index (χ0v) is 18.4. The van der Waals surface area contributed by atoms with Crippen molar-refractivity contribution in [3.63, 3.8) is 0 Å². The zero-order chi connectivity index (χ0) is 21.5. The summed E-state index contributed by atoms with van der Waals surface area (Å²) in [6, 6.07) is 32.2. The molecule has 1 nitrogen and oxygen atoms in total. The standard InChI is InChI=1S/C30H22ClN/c31-24-16-17-28-27(20-24)30-26(22-12-6-2-7-13-22)18-23(21-10-4-1-5-11-21)19-29(30)32(28)25-14-8-3-9-15-25/h1-6,8-12,14-20H,7,13H2. The van der Waals surface area contributed by atoms with Crippen LogP contribution < -0.4 is 0 Å². The highest BCUT2D eigenvalue weighted by molar-refractivity contribution is 6.32. The van der Waals surface area contributed by atoms with Gasteiger partial charge in [-0.25, -0.2) is 0 Å². The van der Waals surface area contributed by atoms with Crippen molar-refractivity contribution in [2.24, 2.45) is 0 Å². The molecule has 0 atom stereocenters. The van der Waals surface area contributed by atoms with E-state index in [0.29, 0.717) is 0 Å². The smallest absolute Gasteiger partial charge is 0.0553 e. The van der Waals surface area contributed by atoms with Gasteiger partial charge in [-0.3, -0.25) is 0 Å². The van der Waals surface area contributed by atoms with Gasteiger partial charge < -0.3 is 4.57 Å². The van der Waals surface area contributed by atoms with Crippen molar-refractivity contribution in [2.45, 2.75) is 12.8 Å². The Morgan fingerprint density at radius 2 is 1.50 bits per heavy atom. The van der Waals surface area contributed by atoms with Gasteiger partial charge in [0.05, 0.1) is 11.0 Å². The number of fused-ring (bicyclic) bond motifs is 3. The Kier molecular flexibility index (Phi) is 4.70. The Morgan fingerprint density at radius 3 is 2.25 bits per heavy atom. The van der Waals surface area contributed by atoms with Gasteiger partial charge in [0.25, 0.3) is 0 Å². The minimum absolute atomic E-state index is 0.764. The maximum Gasteiger partial charge on any atom is 0.0553 e. The summed E-state index contributed by atoms with van der Waals surface area (Å²) in [5.74, 6) is 0. The van der Waals surface area contributed by atoms with Gasteiger partial charge in [0, 0.05) is 21.5 Å². The van der Waals surface area contributed by atoms with E-state index in [2.05, 4.69) is 108 Å². The van der Waals surface area contributed by atoms with Crippen LogP contribution in [-0.4, -0.2) is 4.57 Å². The van der Waals surface area contributed by atoms with E-state index < -0.39 is 0 Å².